The third kappa shape index (κ3) is 6.14. The first-order chi connectivity index (χ1) is 14.6. The third-order valence-corrected chi connectivity index (χ3v) is 5.21. The van der Waals surface area contributed by atoms with Crippen LogP contribution in [0.1, 0.15) is 54.2 Å². The fourth-order valence-corrected chi connectivity index (χ4v) is 3.62. The second-order valence-electron chi connectivity index (χ2n) is 7.38. The summed E-state index contributed by atoms with van der Waals surface area (Å²) in [7, 11) is 0. The number of benzene rings is 1. The summed E-state index contributed by atoms with van der Waals surface area (Å²) in [4.78, 5) is 43.7. The number of hydrogen-bond acceptors (Lipinski definition) is 4. The van der Waals surface area contributed by atoms with Crippen molar-refractivity contribution in [3.63, 3.8) is 0 Å². The van der Waals surface area contributed by atoms with Gasteiger partial charge in [0.05, 0.1) is 19.0 Å². The van der Waals surface area contributed by atoms with Crippen molar-refractivity contribution in [2.45, 2.75) is 38.1 Å². The highest BCUT2D eigenvalue weighted by Gasteiger charge is 2.27. The molecule has 0 saturated carbocycles. The molecule has 1 aliphatic rings. The van der Waals surface area contributed by atoms with Gasteiger partial charge < -0.3 is 15.5 Å². The number of rotatable bonds is 4. The van der Waals surface area contributed by atoms with Gasteiger partial charge in [0.2, 0.25) is 11.8 Å². The van der Waals surface area contributed by atoms with Gasteiger partial charge in [0.1, 0.15) is 5.69 Å². The summed E-state index contributed by atoms with van der Waals surface area (Å²) in [6, 6.07) is 14.3. The largest absolute Gasteiger partial charge is 0.356 e. The Kier molecular flexibility index (Phi) is 7.94. The van der Waals surface area contributed by atoms with E-state index in [1.54, 1.807) is 23.1 Å². The minimum absolute atomic E-state index is 0.0684. The smallest absolute Gasteiger partial charge is 0.270 e. The lowest BCUT2D eigenvalue weighted by molar-refractivity contribution is -0.134. The van der Waals surface area contributed by atoms with Crippen LogP contribution in [-0.2, 0) is 9.59 Å². The van der Waals surface area contributed by atoms with Gasteiger partial charge in [0.25, 0.3) is 5.91 Å². The molecule has 0 spiro atoms. The van der Waals surface area contributed by atoms with Crippen LogP contribution in [0.3, 0.4) is 0 Å². The van der Waals surface area contributed by atoms with Gasteiger partial charge in [-0.2, -0.15) is 0 Å². The Morgan fingerprint density at radius 1 is 1.03 bits per heavy atom. The molecule has 1 aromatic carbocycles. The Hall–Kier alpha value is -3.22. The Bertz CT molecular complexity index is 842. The van der Waals surface area contributed by atoms with Crippen molar-refractivity contribution >= 4 is 17.7 Å². The molecule has 2 heterocycles. The lowest BCUT2D eigenvalue weighted by Crippen LogP contribution is -2.44. The third-order valence-electron chi connectivity index (χ3n) is 5.21. The predicted molar refractivity (Wildman–Crippen MR) is 114 cm³/mol. The van der Waals surface area contributed by atoms with E-state index in [4.69, 9.17) is 0 Å². The molecule has 1 fully saturated rings. The normalized spacial score (nSPS) is 18.1. The van der Waals surface area contributed by atoms with Crippen LogP contribution in [0.5, 0.6) is 0 Å². The minimum atomic E-state index is -0.393. The maximum atomic E-state index is 13.1. The topological polar surface area (TPSA) is 91.4 Å². The molecule has 1 saturated heterocycles. The Morgan fingerprint density at radius 3 is 2.57 bits per heavy atom. The van der Waals surface area contributed by atoms with Crippen molar-refractivity contribution in [3.05, 3.63) is 66.0 Å². The average Bonchev–Trinajstić information content (AvgIpc) is 2.83. The van der Waals surface area contributed by atoms with Crippen LogP contribution in [0.4, 0.5) is 0 Å². The first-order valence-electron chi connectivity index (χ1n) is 10.5. The molecule has 7 nitrogen and oxygen atoms in total. The van der Waals surface area contributed by atoms with Crippen LogP contribution in [0.15, 0.2) is 54.7 Å². The van der Waals surface area contributed by atoms with E-state index >= 15 is 0 Å². The van der Waals surface area contributed by atoms with E-state index in [9.17, 15) is 14.4 Å². The second-order valence-corrected chi connectivity index (χ2v) is 7.38. The minimum Gasteiger partial charge on any atom is -0.356 e. The molecule has 158 valence electrons. The zero-order chi connectivity index (χ0) is 21.2. The van der Waals surface area contributed by atoms with Crippen LogP contribution in [0.2, 0.25) is 0 Å². The quantitative estimate of drug-likeness (QED) is 0.813. The van der Waals surface area contributed by atoms with E-state index in [1.807, 2.05) is 30.3 Å². The number of aromatic nitrogens is 1. The lowest BCUT2D eigenvalue weighted by Gasteiger charge is -2.32. The highest BCUT2D eigenvalue weighted by molar-refractivity contribution is 5.95. The van der Waals surface area contributed by atoms with Crippen molar-refractivity contribution in [2.24, 2.45) is 0 Å². The molecule has 0 bridgehead atoms. The number of hydrogen-bond donors (Lipinski definition) is 2. The van der Waals surface area contributed by atoms with Crippen LogP contribution in [0.25, 0.3) is 0 Å². The number of pyridine rings is 1. The van der Waals surface area contributed by atoms with E-state index in [0.717, 1.165) is 31.2 Å². The SMILES string of the molecule is O=C1CC(c2ccccc2)N(C(=O)CNC(=O)c2ccccn2)CCCCCCN1. The second kappa shape index (κ2) is 11.1. The Labute approximate surface area is 176 Å². The fraction of sp³-hybridized carbons (Fsp3) is 0.391. The highest BCUT2D eigenvalue weighted by Crippen LogP contribution is 2.25. The van der Waals surface area contributed by atoms with Crippen LogP contribution >= 0.6 is 0 Å². The van der Waals surface area contributed by atoms with Gasteiger partial charge in [-0.3, -0.25) is 19.4 Å². The van der Waals surface area contributed by atoms with Gasteiger partial charge in [-0.1, -0.05) is 49.2 Å². The van der Waals surface area contributed by atoms with Gasteiger partial charge in [-0.25, -0.2) is 0 Å². The number of amides is 3. The molecular formula is C23H28N4O3. The van der Waals surface area contributed by atoms with Gasteiger partial charge in [-0.15, -0.1) is 0 Å². The molecule has 2 aromatic rings. The maximum absolute atomic E-state index is 13.1. The van der Waals surface area contributed by atoms with E-state index in [-0.39, 0.29) is 36.5 Å². The number of nitrogens with zero attached hydrogens (tertiary/aromatic N) is 2. The molecule has 3 rings (SSSR count). The van der Waals surface area contributed by atoms with Crippen molar-refractivity contribution in [3.8, 4) is 0 Å². The van der Waals surface area contributed by atoms with Crippen molar-refractivity contribution in [1.82, 2.24) is 20.5 Å². The summed E-state index contributed by atoms with van der Waals surface area (Å²) < 4.78 is 0. The molecule has 3 amide bonds. The maximum Gasteiger partial charge on any atom is 0.270 e. The summed E-state index contributed by atoms with van der Waals surface area (Å²) in [6.45, 7) is 1.07. The molecule has 1 aliphatic heterocycles. The fourth-order valence-electron chi connectivity index (χ4n) is 3.62. The van der Waals surface area contributed by atoms with E-state index < -0.39 is 5.91 Å². The van der Waals surface area contributed by atoms with Crippen molar-refractivity contribution in [2.75, 3.05) is 19.6 Å². The Balaban J connectivity index is 1.76. The summed E-state index contributed by atoms with van der Waals surface area (Å²) in [5.74, 6) is -0.669. The number of carbonyl (C=O) groups excluding carboxylic acids is 3. The summed E-state index contributed by atoms with van der Waals surface area (Å²) in [5, 5.41) is 5.62. The molecule has 2 N–H and O–H groups in total. The van der Waals surface area contributed by atoms with Gasteiger partial charge in [0, 0.05) is 19.3 Å². The first-order valence-corrected chi connectivity index (χ1v) is 10.5. The average molecular weight is 409 g/mol. The standard InChI is InChI=1S/C23H28N4O3/c28-21-16-20(18-10-4-3-5-11-18)27(15-9-2-1-7-14-25-21)22(29)17-26-23(30)19-12-6-8-13-24-19/h3-6,8,10-13,20H,1-2,7,9,14-17H2,(H,25,28)(H,26,30). The summed E-state index contributed by atoms with van der Waals surface area (Å²) >= 11 is 0. The first kappa shape index (κ1) is 21.5. The molecule has 0 radical (unpaired) electrons. The van der Waals surface area contributed by atoms with E-state index in [2.05, 4.69) is 15.6 Å². The van der Waals surface area contributed by atoms with Crippen LogP contribution < -0.4 is 10.6 Å². The molecule has 30 heavy (non-hydrogen) atoms. The summed E-state index contributed by atoms with van der Waals surface area (Å²) in [6.07, 6.45) is 5.53. The van der Waals surface area contributed by atoms with Crippen molar-refractivity contribution in [1.29, 1.82) is 0 Å². The summed E-state index contributed by atoms with van der Waals surface area (Å²) in [5.41, 5.74) is 1.18. The predicted octanol–water partition coefficient (Wildman–Crippen LogP) is 2.46. The zero-order valence-corrected chi connectivity index (χ0v) is 17.0. The lowest BCUT2D eigenvalue weighted by atomic mass is 10.0. The molecular weight excluding hydrogens is 380 g/mol. The molecule has 0 aliphatic carbocycles. The molecule has 1 unspecified atom stereocenters. The van der Waals surface area contributed by atoms with E-state index in [0.29, 0.717) is 13.1 Å². The molecule has 1 aromatic heterocycles. The van der Waals surface area contributed by atoms with Crippen molar-refractivity contribution < 1.29 is 14.4 Å². The monoisotopic (exact) mass is 408 g/mol. The zero-order valence-electron chi connectivity index (χ0n) is 17.0. The highest BCUT2D eigenvalue weighted by atomic mass is 16.2. The van der Waals surface area contributed by atoms with Gasteiger partial charge in [0.15, 0.2) is 0 Å². The Morgan fingerprint density at radius 2 is 1.80 bits per heavy atom. The molecule has 7 heteroatoms. The molecule has 1 atom stereocenters. The van der Waals surface area contributed by atoms with E-state index in [1.165, 1.54) is 6.20 Å². The van der Waals surface area contributed by atoms with Crippen LogP contribution in [-0.4, -0.2) is 47.2 Å². The van der Waals surface area contributed by atoms with Gasteiger partial charge in [-0.05, 0) is 30.5 Å². The number of nitrogens with one attached hydrogen (secondary N) is 2. The van der Waals surface area contributed by atoms with Gasteiger partial charge >= 0.3 is 0 Å². The number of carbonyl (C=O) groups is 3. The van der Waals surface area contributed by atoms with Crippen LogP contribution in [0, 0.1) is 0 Å².